The molecular formula is C17H18N4O. The summed E-state index contributed by atoms with van der Waals surface area (Å²) < 4.78 is 0. The van der Waals surface area contributed by atoms with Gasteiger partial charge in [0.15, 0.2) is 5.82 Å². The maximum absolute atomic E-state index is 9.70. The number of aliphatic hydroxyl groups excluding tert-OH is 1. The molecule has 5 heteroatoms. The van der Waals surface area contributed by atoms with Crippen LogP contribution in [0.5, 0.6) is 0 Å². The van der Waals surface area contributed by atoms with Crippen LogP contribution >= 0.6 is 0 Å². The van der Waals surface area contributed by atoms with E-state index >= 15 is 0 Å². The number of aromatic amines is 1. The van der Waals surface area contributed by atoms with E-state index in [1.54, 1.807) is 0 Å². The molecule has 1 aliphatic rings. The van der Waals surface area contributed by atoms with Crippen molar-refractivity contribution in [2.75, 3.05) is 5.32 Å². The van der Waals surface area contributed by atoms with Crippen LogP contribution in [0.25, 0.3) is 22.4 Å². The van der Waals surface area contributed by atoms with E-state index in [1.807, 2.05) is 42.6 Å². The Bertz CT molecular complexity index is 784. The molecule has 0 saturated heterocycles. The topological polar surface area (TPSA) is 73.8 Å². The summed E-state index contributed by atoms with van der Waals surface area (Å²) in [7, 11) is 0. The van der Waals surface area contributed by atoms with Gasteiger partial charge < -0.3 is 15.4 Å². The lowest BCUT2D eigenvalue weighted by Gasteiger charge is -2.14. The summed E-state index contributed by atoms with van der Waals surface area (Å²) in [4.78, 5) is 12.5. The maximum atomic E-state index is 9.70. The van der Waals surface area contributed by atoms with Gasteiger partial charge in [-0.2, -0.15) is 0 Å². The van der Waals surface area contributed by atoms with Gasteiger partial charge in [-0.25, -0.2) is 9.97 Å². The zero-order valence-corrected chi connectivity index (χ0v) is 12.2. The van der Waals surface area contributed by atoms with Crippen LogP contribution in [0, 0.1) is 0 Å². The first-order valence-electron chi connectivity index (χ1n) is 7.65. The molecule has 5 nitrogen and oxygen atoms in total. The van der Waals surface area contributed by atoms with E-state index < -0.39 is 0 Å². The van der Waals surface area contributed by atoms with E-state index in [0.29, 0.717) is 5.82 Å². The normalized spacial score (nSPS) is 21.3. The first-order valence-corrected chi connectivity index (χ1v) is 7.65. The molecular weight excluding hydrogens is 276 g/mol. The summed E-state index contributed by atoms with van der Waals surface area (Å²) in [6.07, 6.45) is 4.27. The Morgan fingerprint density at radius 2 is 1.95 bits per heavy atom. The predicted molar refractivity (Wildman–Crippen MR) is 86.6 cm³/mol. The van der Waals surface area contributed by atoms with Crippen molar-refractivity contribution < 1.29 is 5.11 Å². The minimum absolute atomic E-state index is 0.199. The monoisotopic (exact) mass is 294 g/mol. The molecule has 0 aliphatic heterocycles. The van der Waals surface area contributed by atoms with Gasteiger partial charge in [-0.15, -0.1) is 0 Å². The Labute approximate surface area is 128 Å². The fourth-order valence-electron chi connectivity index (χ4n) is 3.05. The third kappa shape index (κ3) is 2.44. The van der Waals surface area contributed by atoms with E-state index in [1.165, 1.54) is 0 Å². The maximum Gasteiger partial charge on any atom is 0.163 e. The molecule has 0 spiro atoms. The lowest BCUT2D eigenvalue weighted by molar-refractivity contribution is 0.182. The zero-order chi connectivity index (χ0) is 14.9. The molecule has 22 heavy (non-hydrogen) atoms. The number of H-pyrrole nitrogens is 1. The number of nitrogens with one attached hydrogen (secondary N) is 2. The van der Waals surface area contributed by atoms with Gasteiger partial charge in [0.25, 0.3) is 0 Å². The Kier molecular flexibility index (Phi) is 3.27. The molecule has 2 atom stereocenters. The van der Waals surface area contributed by atoms with Gasteiger partial charge in [-0.3, -0.25) is 0 Å². The predicted octanol–water partition coefficient (Wildman–Crippen LogP) is 2.95. The number of hydrogen-bond acceptors (Lipinski definition) is 4. The highest BCUT2D eigenvalue weighted by Crippen LogP contribution is 2.28. The lowest BCUT2D eigenvalue weighted by atomic mass is 10.2. The van der Waals surface area contributed by atoms with Crippen molar-refractivity contribution in [3.05, 3.63) is 42.6 Å². The standard InChI is InChI=1S/C17H18N4O/c22-13-7-6-12(10-13)19-17-14-8-9-18-16(14)20-15(21-17)11-4-2-1-3-5-11/h1-5,8-9,12-13,22H,6-7,10H2,(H2,18,19,20,21). The highest BCUT2D eigenvalue weighted by molar-refractivity contribution is 5.88. The van der Waals surface area contributed by atoms with E-state index in [-0.39, 0.29) is 12.1 Å². The molecule has 1 aliphatic carbocycles. The summed E-state index contributed by atoms with van der Waals surface area (Å²) in [5, 5.41) is 14.2. The fraction of sp³-hybridized carbons (Fsp3) is 0.294. The van der Waals surface area contributed by atoms with Gasteiger partial charge in [0.1, 0.15) is 11.5 Å². The number of nitrogens with zero attached hydrogens (tertiary/aromatic N) is 2. The average molecular weight is 294 g/mol. The van der Waals surface area contributed by atoms with Crippen molar-refractivity contribution in [2.24, 2.45) is 0 Å². The van der Waals surface area contributed by atoms with Crippen molar-refractivity contribution in [3.63, 3.8) is 0 Å². The fourth-order valence-corrected chi connectivity index (χ4v) is 3.05. The van der Waals surface area contributed by atoms with Crippen LogP contribution in [0.1, 0.15) is 19.3 Å². The Morgan fingerprint density at radius 3 is 2.73 bits per heavy atom. The molecule has 0 radical (unpaired) electrons. The lowest BCUT2D eigenvalue weighted by Crippen LogP contribution is -2.18. The van der Waals surface area contributed by atoms with E-state index in [9.17, 15) is 5.11 Å². The first-order chi connectivity index (χ1) is 10.8. The summed E-state index contributed by atoms with van der Waals surface area (Å²) in [6, 6.07) is 12.2. The smallest absolute Gasteiger partial charge is 0.163 e. The van der Waals surface area contributed by atoms with Crippen molar-refractivity contribution in [3.8, 4) is 11.4 Å². The SMILES string of the molecule is OC1CCC(Nc2nc(-c3ccccc3)nc3[nH]ccc23)C1. The summed E-state index contributed by atoms with van der Waals surface area (Å²) in [5.74, 6) is 1.54. The average Bonchev–Trinajstić information content (AvgIpc) is 3.17. The molecule has 0 bridgehead atoms. The van der Waals surface area contributed by atoms with E-state index in [0.717, 1.165) is 41.7 Å². The molecule has 2 unspecified atom stereocenters. The Hall–Kier alpha value is -2.40. The molecule has 2 heterocycles. The second-order valence-electron chi connectivity index (χ2n) is 5.81. The van der Waals surface area contributed by atoms with Crippen LogP contribution in [0.4, 0.5) is 5.82 Å². The summed E-state index contributed by atoms with van der Waals surface area (Å²) >= 11 is 0. The molecule has 112 valence electrons. The van der Waals surface area contributed by atoms with Crippen molar-refractivity contribution in [1.82, 2.24) is 15.0 Å². The van der Waals surface area contributed by atoms with Gasteiger partial charge in [0.2, 0.25) is 0 Å². The molecule has 1 saturated carbocycles. The molecule has 1 aromatic carbocycles. The zero-order valence-electron chi connectivity index (χ0n) is 12.2. The second kappa shape index (κ2) is 5.42. The minimum Gasteiger partial charge on any atom is -0.393 e. The molecule has 4 rings (SSSR count). The number of hydrogen-bond donors (Lipinski definition) is 3. The van der Waals surface area contributed by atoms with Crippen molar-refractivity contribution in [2.45, 2.75) is 31.4 Å². The third-order valence-corrected chi connectivity index (χ3v) is 4.19. The summed E-state index contributed by atoms with van der Waals surface area (Å²) in [6.45, 7) is 0. The van der Waals surface area contributed by atoms with Crippen LogP contribution in [0.2, 0.25) is 0 Å². The second-order valence-corrected chi connectivity index (χ2v) is 5.81. The molecule has 3 aromatic rings. The van der Waals surface area contributed by atoms with Gasteiger partial charge in [0.05, 0.1) is 11.5 Å². The molecule has 3 N–H and O–H groups in total. The quantitative estimate of drug-likeness (QED) is 0.694. The molecule has 1 fully saturated rings. The van der Waals surface area contributed by atoms with Crippen LogP contribution in [-0.2, 0) is 0 Å². The number of aromatic nitrogens is 3. The van der Waals surface area contributed by atoms with Crippen LogP contribution in [-0.4, -0.2) is 32.2 Å². The number of fused-ring (bicyclic) bond motifs is 1. The van der Waals surface area contributed by atoms with Gasteiger partial charge in [-0.05, 0) is 25.3 Å². The number of benzene rings is 1. The van der Waals surface area contributed by atoms with Gasteiger partial charge in [0, 0.05) is 17.8 Å². The van der Waals surface area contributed by atoms with E-state index in [4.69, 9.17) is 4.98 Å². The number of anilines is 1. The van der Waals surface area contributed by atoms with Crippen LogP contribution in [0.15, 0.2) is 42.6 Å². The highest BCUT2D eigenvalue weighted by Gasteiger charge is 2.24. The van der Waals surface area contributed by atoms with Crippen molar-refractivity contribution in [1.29, 1.82) is 0 Å². The Balaban J connectivity index is 1.74. The van der Waals surface area contributed by atoms with Crippen LogP contribution in [0.3, 0.4) is 0 Å². The van der Waals surface area contributed by atoms with Crippen molar-refractivity contribution >= 4 is 16.9 Å². The van der Waals surface area contributed by atoms with Crippen LogP contribution < -0.4 is 5.32 Å². The third-order valence-electron chi connectivity index (χ3n) is 4.19. The molecule has 0 amide bonds. The first kappa shape index (κ1) is 13.3. The number of aliphatic hydroxyl groups is 1. The largest absolute Gasteiger partial charge is 0.393 e. The van der Waals surface area contributed by atoms with Gasteiger partial charge >= 0.3 is 0 Å². The summed E-state index contributed by atoms with van der Waals surface area (Å²) in [5.41, 5.74) is 1.82. The minimum atomic E-state index is -0.199. The molecule has 2 aromatic heterocycles. The Morgan fingerprint density at radius 1 is 1.09 bits per heavy atom. The highest BCUT2D eigenvalue weighted by atomic mass is 16.3. The number of rotatable bonds is 3. The van der Waals surface area contributed by atoms with E-state index in [2.05, 4.69) is 15.3 Å². The van der Waals surface area contributed by atoms with Gasteiger partial charge in [-0.1, -0.05) is 30.3 Å².